The summed E-state index contributed by atoms with van der Waals surface area (Å²) in [4.78, 5) is 0. The summed E-state index contributed by atoms with van der Waals surface area (Å²) in [7, 11) is 3.22. The van der Waals surface area contributed by atoms with Crippen LogP contribution in [0.3, 0.4) is 0 Å². The highest BCUT2D eigenvalue weighted by Gasteiger charge is 2.55. The molecular formula is C18H23O2Si. The second-order valence-electron chi connectivity index (χ2n) is 7.35. The van der Waals surface area contributed by atoms with E-state index in [2.05, 4.69) is 34.8 Å². The van der Waals surface area contributed by atoms with E-state index in [0.29, 0.717) is 11.8 Å². The molecule has 4 rings (SSSR count). The lowest BCUT2D eigenvalue weighted by Gasteiger charge is -2.52. The van der Waals surface area contributed by atoms with Crippen molar-refractivity contribution in [2.24, 2.45) is 17.3 Å². The molecule has 0 unspecified atom stereocenters. The highest BCUT2D eigenvalue weighted by molar-refractivity contribution is 5.97. The first-order valence-corrected chi connectivity index (χ1v) is 8.70. The molecule has 1 aromatic carbocycles. The van der Waals surface area contributed by atoms with Crippen LogP contribution in [0.15, 0.2) is 24.3 Å². The minimum Gasteiger partial charge on any atom is -0.418 e. The number of hydrogen-bond acceptors (Lipinski definition) is 2. The summed E-state index contributed by atoms with van der Waals surface area (Å²) >= 11 is 0. The molecule has 21 heavy (non-hydrogen) atoms. The molecule has 0 aromatic heterocycles. The van der Waals surface area contributed by atoms with Crippen molar-refractivity contribution in [2.75, 3.05) is 6.61 Å². The van der Waals surface area contributed by atoms with E-state index < -0.39 is 0 Å². The van der Waals surface area contributed by atoms with Crippen molar-refractivity contribution in [3.63, 3.8) is 0 Å². The number of benzene rings is 1. The monoisotopic (exact) mass is 299 g/mol. The van der Waals surface area contributed by atoms with Crippen LogP contribution in [0.5, 0.6) is 0 Å². The maximum absolute atomic E-state index is 10.9. The van der Waals surface area contributed by atoms with Gasteiger partial charge in [0, 0.05) is 12.5 Å². The number of aliphatic hydroxyl groups is 1. The molecule has 0 heterocycles. The zero-order chi connectivity index (χ0) is 14.4. The number of rotatable bonds is 2. The van der Waals surface area contributed by atoms with Crippen LogP contribution in [0.2, 0.25) is 0 Å². The lowest BCUT2D eigenvalue weighted by Crippen LogP contribution is -2.49. The Balaban J connectivity index is 1.73. The molecule has 3 heteroatoms. The molecule has 2 fully saturated rings. The summed E-state index contributed by atoms with van der Waals surface area (Å²) in [6.45, 7) is 0.747. The Morgan fingerprint density at radius 3 is 3.00 bits per heavy atom. The Labute approximate surface area is 130 Å². The van der Waals surface area contributed by atoms with E-state index in [0.717, 1.165) is 18.9 Å². The van der Waals surface area contributed by atoms with Gasteiger partial charge in [-0.05, 0) is 60.5 Å². The number of fused-ring (bicyclic) bond motifs is 5. The number of aliphatic hydroxyl groups excluding tert-OH is 1. The van der Waals surface area contributed by atoms with Crippen molar-refractivity contribution < 1.29 is 9.53 Å². The lowest BCUT2D eigenvalue weighted by atomic mass is 9.54. The zero-order valence-corrected chi connectivity index (χ0v) is 13.4. The van der Waals surface area contributed by atoms with Gasteiger partial charge in [0.05, 0.1) is 6.10 Å². The summed E-state index contributed by atoms with van der Waals surface area (Å²) < 4.78 is 5.38. The van der Waals surface area contributed by atoms with E-state index in [1.807, 2.05) is 0 Å². The van der Waals surface area contributed by atoms with Crippen LogP contribution in [0.1, 0.15) is 49.1 Å². The fraction of sp³-hybridized carbons (Fsp3) is 0.667. The highest BCUT2D eigenvalue weighted by Crippen LogP contribution is 2.61. The minimum atomic E-state index is -0.215. The Morgan fingerprint density at radius 1 is 1.29 bits per heavy atom. The van der Waals surface area contributed by atoms with Crippen molar-refractivity contribution in [3.05, 3.63) is 35.4 Å². The van der Waals surface area contributed by atoms with Gasteiger partial charge in [0.1, 0.15) is 0 Å². The molecule has 111 valence electrons. The van der Waals surface area contributed by atoms with Gasteiger partial charge in [-0.15, -0.1) is 0 Å². The van der Waals surface area contributed by atoms with Crippen LogP contribution >= 0.6 is 0 Å². The second kappa shape index (κ2) is 5.22. The maximum Gasteiger partial charge on any atom is 0.246 e. The quantitative estimate of drug-likeness (QED) is 0.851. The Morgan fingerprint density at radius 2 is 2.14 bits per heavy atom. The Bertz CT molecular complexity index is 532. The van der Waals surface area contributed by atoms with E-state index in [9.17, 15) is 5.11 Å². The fourth-order valence-electron chi connectivity index (χ4n) is 5.78. The van der Waals surface area contributed by atoms with Gasteiger partial charge < -0.3 is 9.53 Å². The molecule has 2 saturated carbocycles. The SMILES string of the molecule is O[C@@H]1C[C@]2(CO[Si])CCC[C@H]2[C@@H]2CCc3ccccc3[C@H]21. The smallest absolute Gasteiger partial charge is 0.246 e. The maximum atomic E-state index is 10.9. The molecule has 1 N–H and O–H groups in total. The summed E-state index contributed by atoms with van der Waals surface area (Å²) in [6, 6.07) is 8.76. The van der Waals surface area contributed by atoms with Gasteiger partial charge in [-0.25, -0.2) is 0 Å². The van der Waals surface area contributed by atoms with Crippen molar-refractivity contribution in [1.29, 1.82) is 0 Å². The summed E-state index contributed by atoms with van der Waals surface area (Å²) in [5.41, 5.74) is 3.08. The van der Waals surface area contributed by atoms with Crippen LogP contribution in [-0.2, 0) is 10.8 Å². The topological polar surface area (TPSA) is 29.5 Å². The Kier molecular flexibility index (Phi) is 3.47. The molecule has 3 aliphatic carbocycles. The van der Waals surface area contributed by atoms with Crippen molar-refractivity contribution in [2.45, 2.75) is 50.5 Å². The van der Waals surface area contributed by atoms with Crippen LogP contribution in [0.4, 0.5) is 0 Å². The van der Waals surface area contributed by atoms with E-state index in [1.165, 1.54) is 43.2 Å². The molecule has 1 aromatic rings. The molecule has 0 saturated heterocycles. The minimum absolute atomic E-state index is 0.203. The third kappa shape index (κ3) is 2.05. The van der Waals surface area contributed by atoms with Crippen molar-refractivity contribution >= 4 is 10.5 Å². The molecule has 5 atom stereocenters. The molecule has 3 radical (unpaired) electrons. The summed E-state index contributed by atoms with van der Waals surface area (Å²) in [5, 5.41) is 10.9. The first-order valence-electron chi connectivity index (χ1n) is 8.29. The van der Waals surface area contributed by atoms with Crippen LogP contribution in [0, 0.1) is 17.3 Å². The van der Waals surface area contributed by atoms with E-state index in [-0.39, 0.29) is 11.5 Å². The van der Waals surface area contributed by atoms with Gasteiger partial charge in [-0.2, -0.15) is 0 Å². The first-order chi connectivity index (χ1) is 10.2. The zero-order valence-electron chi connectivity index (χ0n) is 12.4. The first kappa shape index (κ1) is 14.0. The third-order valence-corrected chi connectivity index (χ3v) is 6.65. The van der Waals surface area contributed by atoms with E-state index in [1.54, 1.807) is 0 Å². The van der Waals surface area contributed by atoms with Gasteiger partial charge in [0.25, 0.3) is 0 Å². The second-order valence-corrected chi connectivity index (χ2v) is 7.64. The normalized spacial score (nSPS) is 41.2. The predicted octanol–water partition coefficient (Wildman–Crippen LogP) is 2.98. The molecule has 0 bridgehead atoms. The van der Waals surface area contributed by atoms with E-state index in [4.69, 9.17) is 4.43 Å². The molecule has 0 amide bonds. The van der Waals surface area contributed by atoms with Crippen molar-refractivity contribution in [3.8, 4) is 0 Å². The molecule has 2 nitrogen and oxygen atoms in total. The number of hydrogen-bond donors (Lipinski definition) is 1. The highest BCUT2D eigenvalue weighted by atomic mass is 28.2. The van der Waals surface area contributed by atoms with Gasteiger partial charge in [-0.1, -0.05) is 30.7 Å². The van der Waals surface area contributed by atoms with E-state index >= 15 is 0 Å². The van der Waals surface area contributed by atoms with Crippen LogP contribution in [-0.4, -0.2) is 28.3 Å². The van der Waals surface area contributed by atoms with Crippen molar-refractivity contribution in [1.82, 2.24) is 0 Å². The average Bonchev–Trinajstić information content (AvgIpc) is 2.90. The summed E-state index contributed by atoms with van der Waals surface area (Å²) in [6.07, 6.45) is 6.90. The Hall–Kier alpha value is -0.643. The fourth-order valence-corrected chi connectivity index (χ4v) is 6.06. The largest absolute Gasteiger partial charge is 0.418 e. The molecule has 3 aliphatic rings. The molecule has 0 spiro atoms. The van der Waals surface area contributed by atoms with Crippen LogP contribution < -0.4 is 0 Å². The predicted molar refractivity (Wildman–Crippen MR) is 83.1 cm³/mol. The lowest BCUT2D eigenvalue weighted by molar-refractivity contribution is -0.0645. The van der Waals surface area contributed by atoms with Gasteiger partial charge in [0.2, 0.25) is 10.5 Å². The van der Waals surface area contributed by atoms with Gasteiger partial charge >= 0.3 is 0 Å². The standard InChI is InChI=1S/C18H23O2Si/c19-16-10-18(11-20-21)9-3-6-15(18)14-8-7-12-4-1-2-5-13(12)17(14)16/h1-2,4-5,14-17,19H,3,6-11H2/t14-,15-,16+,17+,18-/m0/s1. The number of aryl methyl sites for hydroxylation is 1. The van der Waals surface area contributed by atoms with Crippen LogP contribution in [0.25, 0.3) is 0 Å². The van der Waals surface area contributed by atoms with Gasteiger partial charge in [-0.3, -0.25) is 0 Å². The average molecular weight is 299 g/mol. The third-order valence-electron chi connectivity index (χ3n) is 6.51. The molecular weight excluding hydrogens is 276 g/mol. The van der Waals surface area contributed by atoms with Gasteiger partial charge in [0.15, 0.2) is 0 Å². The summed E-state index contributed by atoms with van der Waals surface area (Å²) in [5.74, 6) is 1.70. The molecule has 0 aliphatic heterocycles.